The number of nitrogens with one attached hydrogen (secondary N) is 3. The number of hydrogen-bond donors (Lipinski definition) is 3. The Hall–Kier alpha value is -3.44. The van der Waals surface area contributed by atoms with E-state index >= 15 is 0 Å². The molecule has 11 heteroatoms. The first kappa shape index (κ1) is 22.7. The maximum atomic E-state index is 12.2. The first-order chi connectivity index (χ1) is 16.0. The molecule has 3 aromatic rings. The molecule has 11 nitrogen and oxygen atoms in total. The molecule has 0 atom stereocenters. The van der Waals surface area contributed by atoms with E-state index in [1.807, 2.05) is 31.3 Å². The molecule has 0 spiro atoms. The third kappa shape index (κ3) is 5.88. The third-order valence-electron chi connectivity index (χ3n) is 5.04. The van der Waals surface area contributed by atoms with Gasteiger partial charge in [0.25, 0.3) is 0 Å². The summed E-state index contributed by atoms with van der Waals surface area (Å²) in [4.78, 5) is 30.4. The molecule has 2 amide bonds. The molecule has 0 saturated heterocycles. The minimum absolute atomic E-state index is 0.180. The molecule has 1 saturated carbocycles. The number of likely N-dealkylation sites (N-methyl/N-ethyl adjacent to an activating group) is 1. The molecule has 1 aliphatic carbocycles. The van der Waals surface area contributed by atoms with Crippen molar-refractivity contribution in [1.29, 1.82) is 0 Å². The average Bonchev–Trinajstić information content (AvgIpc) is 3.52. The highest BCUT2D eigenvalue weighted by Gasteiger charge is 2.28. The van der Waals surface area contributed by atoms with Crippen molar-refractivity contribution in [2.75, 3.05) is 52.8 Å². The van der Waals surface area contributed by atoms with E-state index in [-0.39, 0.29) is 12.1 Å². The van der Waals surface area contributed by atoms with Crippen LogP contribution in [0.3, 0.4) is 0 Å². The number of aromatic nitrogens is 4. The Labute approximate surface area is 191 Å². The molecule has 3 heterocycles. The van der Waals surface area contributed by atoms with E-state index in [4.69, 9.17) is 14.2 Å². The molecule has 0 radical (unpaired) electrons. The van der Waals surface area contributed by atoms with Crippen molar-refractivity contribution >= 4 is 22.9 Å². The Balaban J connectivity index is 1.42. The van der Waals surface area contributed by atoms with E-state index in [1.165, 1.54) is 6.33 Å². The van der Waals surface area contributed by atoms with Crippen LogP contribution in [0.5, 0.6) is 11.8 Å². The largest absolute Gasteiger partial charge is 0.480 e. The number of pyridine rings is 1. The molecule has 0 aliphatic heterocycles. The molecule has 4 rings (SSSR count). The van der Waals surface area contributed by atoms with Crippen molar-refractivity contribution in [3.05, 3.63) is 24.7 Å². The van der Waals surface area contributed by atoms with E-state index in [1.54, 1.807) is 13.2 Å². The topological polar surface area (TPSA) is 127 Å². The predicted molar refractivity (Wildman–Crippen MR) is 124 cm³/mol. The van der Waals surface area contributed by atoms with Gasteiger partial charge in [-0.25, -0.2) is 19.7 Å². The monoisotopic (exact) mass is 455 g/mol. The number of rotatable bonds is 11. The molecule has 1 aliphatic rings. The van der Waals surface area contributed by atoms with Crippen LogP contribution >= 0.6 is 0 Å². The molecule has 0 aromatic carbocycles. The molecule has 0 unspecified atom stereocenters. The number of H-pyrrole nitrogens is 1. The van der Waals surface area contributed by atoms with Crippen molar-refractivity contribution in [3.63, 3.8) is 0 Å². The van der Waals surface area contributed by atoms with Crippen LogP contribution in [0.25, 0.3) is 22.2 Å². The third-order valence-corrected chi connectivity index (χ3v) is 5.04. The molecule has 176 valence electrons. The number of nitrogens with zero attached hydrogens (tertiary/aromatic N) is 4. The normalized spacial score (nSPS) is 13.3. The van der Waals surface area contributed by atoms with Crippen LogP contribution in [-0.4, -0.2) is 84.5 Å². The van der Waals surface area contributed by atoms with Crippen molar-refractivity contribution < 1.29 is 19.0 Å². The van der Waals surface area contributed by atoms with Gasteiger partial charge in [-0.15, -0.1) is 0 Å². The molecule has 0 bridgehead atoms. The minimum atomic E-state index is -0.344. The number of ether oxygens (including phenoxy) is 3. The number of urea groups is 1. The second-order valence-corrected chi connectivity index (χ2v) is 7.97. The summed E-state index contributed by atoms with van der Waals surface area (Å²) in [5.74, 6) is 1.34. The number of anilines is 1. The van der Waals surface area contributed by atoms with Gasteiger partial charge < -0.3 is 29.4 Å². The van der Waals surface area contributed by atoms with Crippen LogP contribution in [0.15, 0.2) is 24.7 Å². The minimum Gasteiger partial charge on any atom is -0.480 e. The van der Waals surface area contributed by atoms with Gasteiger partial charge in [0, 0.05) is 30.2 Å². The standard InChI is InChI=1S/C22H29N7O4/c1-29(2)9-11-32-10-8-23-22(30)28-17-7-6-15-16(12-24-19(15)27-17)18-20(31-3)25-13-26-21(18)33-14-4-5-14/h6-7,12-14H,4-5,8-11H2,1-3H3,(H3,23,24,27,28,30). The van der Waals surface area contributed by atoms with Gasteiger partial charge in [-0.2, -0.15) is 0 Å². The number of hydrogen-bond acceptors (Lipinski definition) is 8. The van der Waals surface area contributed by atoms with Crippen LogP contribution in [0, 0.1) is 0 Å². The van der Waals surface area contributed by atoms with Gasteiger partial charge in [-0.1, -0.05) is 0 Å². The van der Waals surface area contributed by atoms with Crippen LogP contribution in [-0.2, 0) is 4.74 Å². The maximum absolute atomic E-state index is 12.2. The van der Waals surface area contributed by atoms with Gasteiger partial charge in [0.15, 0.2) is 0 Å². The van der Waals surface area contributed by atoms with Crippen LogP contribution in [0.4, 0.5) is 10.6 Å². The number of carbonyl (C=O) groups excluding carboxylic acids is 1. The van der Waals surface area contributed by atoms with Gasteiger partial charge in [-0.05, 0) is 39.1 Å². The molecule has 3 aromatic heterocycles. The number of fused-ring (bicyclic) bond motifs is 1. The van der Waals surface area contributed by atoms with Crippen LogP contribution in [0.2, 0.25) is 0 Å². The molecule has 33 heavy (non-hydrogen) atoms. The summed E-state index contributed by atoms with van der Waals surface area (Å²) in [7, 11) is 5.53. The molecular formula is C22H29N7O4. The molecule has 3 N–H and O–H groups in total. The summed E-state index contributed by atoms with van der Waals surface area (Å²) >= 11 is 0. The number of carbonyl (C=O) groups is 1. The van der Waals surface area contributed by atoms with Crippen molar-refractivity contribution in [3.8, 4) is 22.9 Å². The Morgan fingerprint density at radius 3 is 2.79 bits per heavy atom. The first-order valence-corrected chi connectivity index (χ1v) is 10.9. The van der Waals surface area contributed by atoms with E-state index in [0.29, 0.717) is 48.5 Å². The number of amides is 2. The highest BCUT2D eigenvalue weighted by molar-refractivity contribution is 5.98. The Kier molecular flexibility index (Phi) is 7.20. The van der Waals surface area contributed by atoms with Gasteiger partial charge in [0.2, 0.25) is 11.8 Å². The van der Waals surface area contributed by atoms with Crippen LogP contribution in [0.1, 0.15) is 12.8 Å². The summed E-state index contributed by atoms with van der Waals surface area (Å²) < 4.78 is 16.9. The van der Waals surface area contributed by atoms with Crippen molar-refractivity contribution in [1.82, 2.24) is 30.2 Å². The summed E-state index contributed by atoms with van der Waals surface area (Å²) in [6.07, 6.45) is 5.45. The van der Waals surface area contributed by atoms with Crippen molar-refractivity contribution in [2.24, 2.45) is 0 Å². The van der Waals surface area contributed by atoms with Gasteiger partial charge in [0.1, 0.15) is 29.5 Å². The lowest BCUT2D eigenvalue weighted by Gasteiger charge is -2.12. The zero-order valence-corrected chi connectivity index (χ0v) is 19.1. The number of aromatic amines is 1. The first-order valence-electron chi connectivity index (χ1n) is 10.9. The fourth-order valence-electron chi connectivity index (χ4n) is 3.20. The summed E-state index contributed by atoms with van der Waals surface area (Å²) in [6.45, 7) is 2.31. The molecule has 1 fully saturated rings. The lowest BCUT2D eigenvalue weighted by Crippen LogP contribution is -2.32. The lowest BCUT2D eigenvalue weighted by atomic mass is 10.1. The number of methoxy groups -OCH3 is 1. The fraction of sp³-hybridized carbons (Fsp3) is 0.455. The Morgan fingerprint density at radius 1 is 1.21 bits per heavy atom. The van der Waals surface area contributed by atoms with Gasteiger partial charge >= 0.3 is 6.03 Å². The zero-order valence-electron chi connectivity index (χ0n) is 19.1. The van der Waals surface area contributed by atoms with Gasteiger partial charge in [0.05, 0.1) is 20.3 Å². The second kappa shape index (κ2) is 10.5. The quantitative estimate of drug-likeness (QED) is 0.376. The smallest absolute Gasteiger partial charge is 0.320 e. The van der Waals surface area contributed by atoms with E-state index in [2.05, 4.69) is 30.6 Å². The SMILES string of the molecule is COc1ncnc(OC2CC2)c1-c1c[nH]c2nc(NC(=O)NCCOCCN(C)C)ccc12. The highest BCUT2D eigenvalue weighted by Crippen LogP contribution is 2.41. The van der Waals surface area contributed by atoms with Crippen molar-refractivity contribution in [2.45, 2.75) is 18.9 Å². The zero-order chi connectivity index (χ0) is 23.2. The van der Waals surface area contributed by atoms with Gasteiger partial charge in [-0.3, -0.25) is 5.32 Å². The summed E-state index contributed by atoms with van der Waals surface area (Å²) in [6, 6.07) is 3.27. The molecular weight excluding hydrogens is 426 g/mol. The Bertz CT molecular complexity index is 1100. The average molecular weight is 456 g/mol. The maximum Gasteiger partial charge on any atom is 0.320 e. The van der Waals surface area contributed by atoms with E-state index in [9.17, 15) is 4.79 Å². The summed E-state index contributed by atoms with van der Waals surface area (Å²) in [5.41, 5.74) is 2.10. The highest BCUT2D eigenvalue weighted by atomic mass is 16.5. The summed E-state index contributed by atoms with van der Waals surface area (Å²) in [5, 5.41) is 6.34. The fourth-order valence-corrected chi connectivity index (χ4v) is 3.20. The van der Waals surface area contributed by atoms with E-state index in [0.717, 1.165) is 30.3 Å². The second-order valence-electron chi connectivity index (χ2n) is 7.97. The lowest BCUT2D eigenvalue weighted by molar-refractivity contribution is 0.120. The Morgan fingerprint density at radius 2 is 2.03 bits per heavy atom. The van der Waals surface area contributed by atoms with Crippen LogP contribution < -0.4 is 20.1 Å². The van der Waals surface area contributed by atoms with E-state index < -0.39 is 0 Å². The predicted octanol–water partition coefficient (Wildman–Crippen LogP) is 2.27.